The van der Waals surface area contributed by atoms with E-state index >= 15 is 0 Å². The van der Waals surface area contributed by atoms with Crippen LogP contribution in [0.3, 0.4) is 0 Å². The largest absolute Gasteiger partial charge is 0.346 e. The van der Waals surface area contributed by atoms with Crippen molar-refractivity contribution >= 4 is 33.4 Å². The summed E-state index contributed by atoms with van der Waals surface area (Å²) in [4.78, 5) is 24.1. The minimum absolute atomic E-state index is 0.00790. The summed E-state index contributed by atoms with van der Waals surface area (Å²) in [6, 6.07) is 5.68. The number of halogens is 1. The zero-order valence-corrected chi connectivity index (χ0v) is 12.3. The summed E-state index contributed by atoms with van der Waals surface area (Å²) >= 11 is 3.42. The Morgan fingerprint density at radius 3 is 3.00 bits per heavy atom. The molecule has 1 atom stereocenters. The predicted molar refractivity (Wildman–Crippen MR) is 76.1 cm³/mol. The van der Waals surface area contributed by atoms with E-state index < -0.39 is 0 Å². The van der Waals surface area contributed by atoms with Crippen LogP contribution in [-0.4, -0.2) is 38.0 Å². The highest BCUT2D eigenvalue weighted by Gasteiger charge is 2.22. The number of hydrogen-bond donors (Lipinski definition) is 3. The van der Waals surface area contributed by atoms with E-state index in [0.29, 0.717) is 19.6 Å². The maximum Gasteiger partial charge on any atom is 0.279 e. The van der Waals surface area contributed by atoms with Gasteiger partial charge in [-0.3, -0.25) is 9.59 Å². The van der Waals surface area contributed by atoms with Crippen molar-refractivity contribution < 1.29 is 14.5 Å². The van der Waals surface area contributed by atoms with Crippen LogP contribution >= 0.6 is 15.9 Å². The van der Waals surface area contributed by atoms with Gasteiger partial charge in [-0.15, -0.1) is 0 Å². The molecular weight excluding hydrogens is 310 g/mol. The zero-order chi connectivity index (χ0) is 13.8. The highest BCUT2D eigenvalue weighted by Crippen LogP contribution is 2.19. The van der Waals surface area contributed by atoms with Gasteiger partial charge in [-0.2, -0.15) is 0 Å². The lowest BCUT2D eigenvalue weighted by Gasteiger charge is -2.22. The van der Waals surface area contributed by atoms with Gasteiger partial charge < -0.3 is 15.5 Å². The van der Waals surface area contributed by atoms with E-state index in [-0.39, 0.29) is 11.8 Å². The lowest BCUT2D eigenvalue weighted by molar-refractivity contribution is -0.885. The van der Waals surface area contributed by atoms with Crippen LogP contribution < -0.4 is 15.5 Å². The maximum absolute atomic E-state index is 11.9. The maximum atomic E-state index is 11.9. The SMILES string of the molecule is Cc1cc(NC(=O)C[NH+]2CCNC(=O)C2)ccc1Br. The molecule has 0 aliphatic carbocycles. The topological polar surface area (TPSA) is 62.6 Å². The van der Waals surface area contributed by atoms with Crippen LogP contribution in [0.25, 0.3) is 0 Å². The number of amides is 2. The molecule has 1 heterocycles. The fourth-order valence-corrected chi connectivity index (χ4v) is 2.31. The molecule has 1 aliphatic heterocycles. The molecule has 1 fully saturated rings. The van der Waals surface area contributed by atoms with E-state index in [1.807, 2.05) is 25.1 Å². The summed E-state index contributed by atoms with van der Waals surface area (Å²) in [5.41, 5.74) is 1.86. The van der Waals surface area contributed by atoms with Crippen molar-refractivity contribution in [3.63, 3.8) is 0 Å². The average molecular weight is 327 g/mol. The van der Waals surface area contributed by atoms with E-state index in [9.17, 15) is 9.59 Å². The quantitative estimate of drug-likeness (QED) is 0.715. The van der Waals surface area contributed by atoms with Crippen LogP contribution in [0.1, 0.15) is 5.56 Å². The second kappa shape index (κ2) is 6.16. The monoisotopic (exact) mass is 326 g/mol. The summed E-state index contributed by atoms with van der Waals surface area (Å²) in [5, 5.41) is 5.61. The Bertz CT molecular complexity index is 505. The van der Waals surface area contributed by atoms with E-state index in [1.165, 1.54) is 0 Å². The molecule has 3 N–H and O–H groups in total. The minimum atomic E-state index is -0.0635. The van der Waals surface area contributed by atoms with Gasteiger partial charge in [0.1, 0.15) is 0 Å². The number of benzene rings is 1. The van der Waals surface area contributed by atoms with Crippen LogP contribution in [0, 0.1) is 6.92 Å². The lowest BCUT2D eigenvalue weighted by Crippen LogP contribution is -3.16. The molecule has 2 amide bonds. The van der Waals surface area contributed by atoms with Crippen molar-refractivity contribution in [2.45, 2.75) is 6.92 Å². The van der Waals surface area contributed by atoms with E-state index in [1.54, 1.807) is 0 Å². The van der Waals surface area contributed by atoms with Gasteiger partial charge in [0.05, 0.1) is 13.1 Å². The molecule has 1 aromatic rings. The second-order valence-corrected chi connectivity index (χ2v) is 5.57. The molecule has 5 nitrogen and oxygen atoms in total. The van der Waals surface area contributed by atoms with Gasteiger partial charge in [0, 0.05) is 10.2 Å². The zero-order valence-electron chi connectivity index (χ0n) is 10.8. The standard InChI is InChI=1S/C13H16BrN3O2/c1-9-6-10(2-3-11(9)14)16-13(19)8-17-5-4-15-12(18)7-17/h2-3,6H,4-5,7-8H2,1H3,(H,15,18)(H,16,19)/p+1. The summed E-state index contributed by atoms with van der Waals surface area (Å²) < 4.78 is 1.02. The van der Waals surface area contributed by atoms with E-state index in [2.05, 4.69) is 26.6 Å². The first-order valence-electron chi connectivity index (χ1n) is 6.21. The molecule has 2 rings (SSSR count). The van der Waals surface area contributed by atoms with E-state index in [4.69, 9.17) is 0 Å². The number of rotatable bonds is 3. The van der Waals surface area contributed by atoms with Gasteiger partial charge in [-0.05, 0) is 30.7 Å². The Hall–Kier alpha value is -1.40. The van der Waals surface area contributed by atoms with Crippen molar-refractivity contribution in [1.29, 1.82) is 0 Å². The van der Waals surface area contributed by atoms with Crippen LogP contribution in [0.2, 0.25) is 0 Å². The summed E-state index contributed by atoms with van der Waals surface area (Å²) in [6.45, 7) is 4.09. The van der Waals surface area contributed by atoms with Gasteiger partial charge in [-0.1, -0.05) is 15.9 Å². The molecule has 0 saturated carbocycles. The predicted octanol–water partition coefficient (Wildman–Crippen LogP) is -0.289. The molecule has 1 aromatic carbocycles. The summed E-state index contributed by atoms with van der Waals surface area (Å²) in [5.74, 6) is -0.0556. The normalized spacial score (nSPS) is 18.8. The second-order valence-electron chi connectivity index (χ2n) is 4.72. The molecular formula is C13H17BrN3O2+. The van der Waals surface area contributed by atoms with Crippen LogP contribution in [0.15, 0.2) is 22.7 Å². The fourth-order valence-electron chi connectivity index (χ4n) is 2.06. The van der Waals surface area contributed by atoms with Crippen molar-refractivity contribution in [2.75, 3.05) is 31.5 Å². The van der Waals surface area contributed by atoms with Gasteiger partial charge in [0.15, 0.2) is 13.1 Å². The Labute approximate surface area is 120 Å². The number of quaternary nitrogens is 1. The molecule has 0 aromatic heterocycles. The fraction of sp³-hybridized carbons (Fsp3) is 0.385. The van der Waals surface area contributed by atoms with Crippen molar-refractivity contribution in [1.82, 2.24) is 5.32 Å². The van der Waals surface area contributed by atoms with Crippen LogP contribution in [0.5, 0.6) is 0 Å². The van der Waals surface area contributed by atoms with Gasteiger partial charge in [-0.25, -0.2) is 0 Å². The number of nitrogens with one attached hydrogen (secondary N) is 3. The summed E-state index contributed by atoms with van der Waals surface area (Å²) in [6.07, 6.45) is 0. The van der Waals surface area contributed by atoms with Crippen LogP contribution in [-0.2, 0) is 9.59 Å². The van der Waals surface area contributed by atoms with Crippen molar-refractivity contribution in [2.24, 2.45) is 0 Å². The van der Waals surface area contributed by atoms with Crippen molar-refractivity contribution in [3.8, 4) is 0 Å². The molecule has 6 heteroatoms. The molecule has 19 heavy (non-hydrogen) atoms. The first-order chi connectivity index (χ1) is 9.04. The minimum Gasteiger partial charge on any atom is -0.346 e. The number of anilines is 1. The first kappa shape index (κ1) is 14.0. The Morgan fingerprint density at radius 1 is 1.53 bits per heavy atom. The molecule has 1 unspecified atom stereocenters. The molecule has 102 valence electrons. The number of carbonyl (C=O) groups is 2. The smallest absolute Gasteiger partial charge is 0.279 e. The number of hydrogen-bond acceptors (Lipinski definition) is 2. The first-order valence-corrected chi connectivity index (χ1v) is 7.00. The average Bonchev–Trinajstić information content (AvgIpc) is 2.34. The van der Waals surface area contributed by atoms with Crippen LogP contribution in [0.4, 0.5) is 5.69 Å². The highest BCUT2D eigenvalue weighted by atomic mass is 79.9. The molecule has 1 saturated heterocycles. The van der Waals surface area contributed by atoms with Gasteiger partial charge in [0.2, 0.25) is 0 Å². The lowest BCUT2D eigenvalue weighted by atomic mass is 10.2. The molecule has 0 radical (unpaired) electrons. The third-order valence-electron chi connectivity index (χ3n) is 3.06. The Morgan fingerprint density at radius 2 is 2.32 bits per heavy atom. The van der Waals surface area contributed by atoms with Crippen molar-refractivity contribution in [3.05, 3.63) is 28.2 Å². The Balaban J connectivity index is 1.90. The third kappa shape index (κ3) is 4.04. The number of aryl methyl sites for hydroxylation is 1. The summed E-state index contributed by atoms with van der Waals surface area (Å²) in [7, 11) is 0. The number of piperazine rings is 1. The number of carbonyl (C=O) groups excluding carboxylic acids is 2. The molecule has 0 bridgehead atoms. The van der Waals surface area contributed by atoms with Gasteiger partial charge in [0.25, 0.3) is 11.8 Å². The third-order valence-corrected chi connectivity index (χ3v) is 3.95. The Kier molecular flexibility index (Phi) is 4.55. The highest BCUT2D eigenvalue weighted by molar-refractivity contribution is 9.10. The molecule has 0 spiro atoms. The van der Waals surface area contributed by atoms with E-state index in [0.717, 1.165) is 27.2 Å². The van der Waals surface area contributed by atoms with Gasteiger partial charge >= 0.3 is 0 Å². The molecule has 1 aliphatic rings.